The Morgan fingerprint density at radius 1 is 1.32 bits per heavy atom. The van der Waals surface area contributed by atoms with Crippen molar-refractivity contribution < 1.29 is 9.15 Å². The molecule has 0 unspecified atom stereocenters. The number of ether oxygens (including phenoxy) is 1. The lowest BCUT2D eigenvalue weighted by atomic mass is 10.2. The molecule has 2 N–H and O–H groups in total. The molecule has 2 heterocycles. The van der Waals surface area contributed by atoms with Crippen molar-refractivity contribution in [1.29, 1.82) is 0 Å². The van der Waals surface area contributed by atoms with Crippen LogP contribution in [0.4, 0.5) is 0 Å². The number of thiocarbonyl (C=S) groups is 1. The number of rotatable bonds is 5. The highest BCUT2D eigenvalue weighted by Gasteiger charge is 2.15. The molecule has 0 amide bonds. The van der Waals surface area contributed by atoms with E-state index in [0.717, 1.165) is 25.0 Å². The lowest BCUT2D eigenvalue weighted by Gasteiger charge is -2.11. The van der Waals surface area contributed by atoms with Gasteiger partial charge >= 0.3 is 0 Å². The van der Waals surface area contributed by atoms with E-state index in [-0.39, 0.29) is 6.10 Å². The Hall–Kier alpha value is -1.60. The van der Waals surface area contributed by atoms with Gasteiger partial charge in [0.25, 0.3) is 0 Å². The fourth-order valence-corrected chi connectivity index (χ4v) is 2.98. The number of nitrogens with zero attached hydrogens (tertiary/aromatic N) is 1. The van der Waals surface area contributed by atoms with Crippen LogP contribution >= 0.6 is 35.4 Å². The van der Waals surface area contributed by atoms with Gasteiger partial charge in [-0.15, -0.1) is 0 Å². The molecule has 8 heteroatoms. The average molecular weight is 398 g/mol. The van der Waals surface area contributed by atoms with Gasteiger partial charge in [0, 0.05) is 23.7 Å². The minimum atomic E-state index is 0.221. The molecule has 1 aromatic carbocycles. The molecule has 132 valence electrons. The summed E-state index contributed by atoms with van der Waals surface area (Å²) in [5, 5.41) is 8.74. The van der Waals surface area contributed by atoms with Crippen LogP contribution in [-0.2, 0) is 4.74 Å². The van der Waals surface area contributed by atoms with E-state index in [0.29, 0.717) is 33.2 Å². The van der Waals surface area contributed by atoms with Crippen molar-refractivity contribution >= 4 is 46.7 Å². The first-order valence-electron chi connectivity index (χ1n) is 7.85. The number of hydrazone groups is 1. The van der Waals surface area contributed by atoms with Crippen LogP contribution in [0, 0.1) is 0 Å². The van der Waals surface area contributed by atoms with Crippen LogP contribution in [0.25, 0.3) is 11.3 Å². The second-order valence-electron chi connectivity index (χ2n) is 5.54. The molecule has 1 aromatic heterocycles. The second kappa shape index (κ2) is 8.67. The lowest BCUT2D eigenvalue weighted by Crippen LogP contribution is -2.37. The summed E-state index contributed by atoms with van der Waals surface area (Å²) in [5.74, 6) is 1.19. The zero-order valence-corrected chi connectivity index (χ0v) is 15.6. The van der Waals surface area contributed by atoms with Crippen molar-refractivity contribution in [1.82, 2.24) is 10.7 Å². The van der Waals surface area contributed by atoms with E-state index >= 15 is 0 Å². The van der Waals surface area contributed by atoms with Gasteiger partial charge < -0.3 is 14.5 Å². The number of nitrogens with one attached hydrogen (secondary N) is 2. The summed E-state index contributed by atoms with van der Waals surface area (Å²) >= 11 is 17.3. The molecule has 25 heavy (non-hydrogen) atoms. The van der Waals surface area contributed by atoms with Crippen LogP contribution in [0.15, 0.2) is 39.9 Å². The van der Waals surface area contributed by atoms with E-state index in [1.54, 1.807) is 30.5 Å². The molecule has 1 aliphatic rings. The number of furan rings is 1. The highest BCUT2D eigenvalue weighted by atomic mass is 35.5. The first-order valence-corrected chi connectivity index (χ1v) is 9.02. The Kier molecular flexibility index (Phi) is 6.31. The van der Waals surface area contributed by atoms with Crippen LogP contribution in [0.3, 0.4) is 0 Å². The van der Waals surface area contributed by atoms with Gasteiger partial charge in [0.1, 0.15) is 11.5 Å². The van der Waals surface area contributed by atoms with E-state index in [9.17, 15) is 0 Å². The van der Waals surface area contributed by atoms with Gasteiger partial charge in [-0.2, -0.15) is 5.10 Å². The van der Waals surface area contributed by atoms with Crippen LogP contribution in [0.5, 0.6) is 0 Å². The minimum absolute atomic E-state index is 0.221. The maximum absolute atomic E-state index is 6.17. The first-order chi connectivity index (χ1) is 12.1. The third-order valence-corrected chi connectivity index (χ3v) is 4.49. The zero-order valence-electron chi connectivity index (χ0n) is 13.3. The average Bonchev–Trinajstić information content (AvgIpc) is 3.27. The van der Waals surface area contributed by atoms with Gasteiger partial charge in [-0.05, 0) is 55.4 Å². The van der Waals surface area contributed by atoms with Crippen LogP contribution in [0.2, 0.25) is 10.0 Å². The van der Waals surface area contributed by atoms with Crippen molar-refractivity contribution in [2.45, 2.75) is 18.9 Å². The highest BCUT2D eigenvalue weighted by Crippen LogP contribution is 2.31. The molecule has 3 rings (SSSR count). The summed E-state index contributed by atoms with van der Waals surface area (Å²) < 4.78 is 11.2. The molecule has 1 saturated heterocycles. The largest absolute Gasteiger partial charge is 0.455 e. The van der Waals surface area contributed by atoms with E-state index in [1.807, 2.05) is 6.07 Å². The second-order valence-corrected chi connectivity index (χ2v) is 6.79. The topological polar surface area (TPSA) is 58.8 Å². The molecular weight excluding hydrogens is 381 g/mol. The molecular formula is C17H17Cl2N3O2S. The fraction of sp³-hybridized carbons (Fsp3) is 0.294. The molecule has 0 radical (unpaired) electrons. The Bertz CT molecular complexity index is 773. The van der Waals surface area contributed by atoms with Crippen molar-refractivity contribution in [3.05, 3.63) is 46.1 Å². The van der Waals surface area contributed by atoms with Gasteiger partial charge in [-0.25, -0.2) is 0 Å². The van der Waals surface area contributed by atoms with Crippen LogP contribution < -0.4 is 10.7 Å². The Morgan fingerprint density at radius 2 is 2.20 bits per heavy atom. The van der Waals surface area contributed by atoms with E-state index in [4.69, 9.17) is 44.6 Å². The molecule has 0 aliphatic carbocycles. The van der Waals surface area contributed by atoms with Crippen molar-refractivity contribution in [3.8, 4) is 11.3 Å². The summed E-state index contributed by atoms with van der Waals surface area (Å²) in [4.78, 5) is 0. The maximum atomic E-state index is 6.17. The van der Waals surface area contributed by atoms with Gasteiger partial charge in [-0.3, -0.25) is 5.43 Å². The fourth-order valence-electron chi connectivity index (χ4n) is 2.46. The predicted octanol–water partition coefficient (Wildman–Crippen LogP) is 4.23. The van der Waals surface area contributed by atoms with Crippen LogP contribution in [-0.4, -0.2) is 30.6 Å². The zero-order chi connectivity index (χ0) is 17.6. The van der Waals surface area contributed by atoms with Crippen molar-refractivity contribution in [2.24, 2.45) is 5.10 Å². The minimum Gasteiger partial charge on any atom is -0.455 e. The molecule has 1 atom stereocenters. The molecule has 1 aliphatic heterocycles. The standard InChI is InChI=1S/C17H17Cl2N3O2S/c18-11-3-5-15(19)14(8-11)16-6-4-13(24-16)10-21-22-17(25)20-9-12-2-1-7-23-12/h3-6,8,10,12H,1-2,7,9H2,(H2,20,22,25)/b21-10-/t12-/m1/s1. The SMILES string of the molecule is S=C(NC[C@H]1CCCO1)N/N=C\c1ccc(-c2cc(Cl)ccc2Cl)o1. The number of hydrogen-bond acceptors (Lipinski definition) is 4. The van der Waals surface area contributed by atoms with Gasteiger partial charge in [0.2, 0.25) is 0 Å². The highest BCUT2D eigenvalue weighted by molar-refractivity contribution is 7.80. The van der Waals surface area contributed by atoms with Crippen molar-refractivity contribution in [2.75, 3.05) is 13.2 Å². The molecule has 0 saturated carbocycles. The van der Waals surface area contributed by atoms with Crippen molar-refractivity contribution in [3.63, 3.8) is 0 Å². The predicted molar refractivity (Wildman–Crippen MR) is 104 cm³/mol. The van der Waals surface area contributed by atoms with Crippen LogP contribution in [0.1, 0.15) is 18.6 Å². The normalized spacial score (nSPS) is 17.1. The molecule has 0 spiro atoms. The first kappa shape index (κ1) is 18.2. The number of benzene rings is 1. The summed E-state index contributed by atoms with van der Waals surface area (Å²) in [6, 6.07) is 8.82. The Labute approximate surface area is 161 Å². The Morgan fingerprint density at radius 3 is 3.00 bits per heavy atom. The smallest absolute Gasteiger partial charge is 0.187 e. The summed E-state index contributed by atoms with van der Waals surface area (Å²) in [7, 11) is 0. The summed E-state index contributed by atoms with van der Waals surface area (Å²) in [5.41, 5.74) is 3.48. The van der Waals surface area contributed by atoms with E-state index in [2.05, 4.69) is 15.8 Å². The summed E-state index contributed by atoms with van der Waals surface area (Å²) in [6.45, 7) is 1.50. The maximum Gasteiger partial charge on any atom is 0.187 e. The van der Waals surface area contributed by atoms with Gasteiger partial charge in [-0.1, -0.05) is 23.2 Å². The third kappa shape index (κ3) is 5.19. The van der Waals surface area contributed by atoms with Gasteiger partial charge in [0.05, 0.1) is 17.3 Å². The molecule has 5 nitrogen and oxygen atoms in total. The quantitative estimate of drug-likeness (QED) is 0.449. The molecule has 0 bridgehead atoms. The molecule has 2 aromatic rings. The number of halogens is 2. The van der Waals surface area contributed by atoms with E-state index in [1.165, 1.54) is 0 Å². The summed E-state index contributed by atoms with van der Waals surface area (Å²) in [6.07, 6.45) is 3.92. The lowest BCUT2D eigenvalue weighted by molar-refractivity contribution is 0.114. The Balaban J connectivity index is 1.53. The number of hydrogen-bond donors (Lipinski definition) is 2. The monoisotopic (exact) mass is 397 g/mol. The third-order valence-electron chi connectivity index (χ3n) is 3.69. The van der Waals surface area contributed by atoms with E-state index < -0.39 is 0 Å². The van der Waals surface area contributed by atoms with Gasteiger partial charge in [0.15, 0.2) is 5.11 Å². The molecule has 1 fully saturated rings.